The number of ketones is 1. The Balaban J connectivity index is 2.05. The van der Waals surface area contributed by atoms with Crippen molar-refractivity contribution in [2.75, 3.05) is 18.4 Å². The number of urea groups is 1. The van der Waals surface area contributed by atoms with Gasteiger partial charge in [-0.15, -0.1) is 0 Å². The van der Waals surface area contributed by atoms with Gasteiger partial charge in [-0.05, 0) is 25.0 Å². The highest BCUT2D eigenvalue weighted by Gasteiger charge is 2.21. The molecular weight excluding hydrogens is 228 g/mol. The fourth-order valence-electron chi connectivity index (χ4n) is 2.16. The summed E-state index contributed by atoms with van der Waals surface area (Å²) in [6.45, 7) is 5.00. The third kappa shape index (κ3) is 2.70. The summed E-state index contributed by atoms with van der Waals surface area (Å²) in [5, 5.41) is 2.94. The van der Waals surface area contributed by atoms with Crippen LogP contribution in [0.1, 0.15) is 24.0 Å². The van der Waals surface area contributed by atoms with E-state index in [1.165, 1.54) is 0 Å². The second-order valence-electron chi connectivity index (χ2n) is 4.72. The number of Topliss-reactive ketones (excluding diaryl/α,β-unsaturated/α-hetero) is 1. The number of rotatable bonds is 1. The summed E-state index contributed by atoms with van der Waals surface area (Å²) in [7, 11) is 0. The average molecular weight is 246 g/mol. The summed E-state index contributed by atoms with van der Waals surface area (Å²) in [6.07, 6.45) is 0.945. The first-order valence-corrected chi connectivity index (χ1v) is 6.22. The van der Waals surface area contributed by atoms with Gasteiger partial charge in [0.05, 0.1) is 0 Å². The van der Waals surface area contributed by atoms with Crippen LogP contribution in [0.4, 0.5) is 10.5 Å². The van der Waals surface area contributed by atoms with Crippen molar-refractivity contribution < 1.29 is 9.59 Å². The van der Waals surface area contributed by atoms with Gasteiger partial charge in [0, 0.05) is 31.6 Å². The van der Waals surface area contributed by atoms with E-state index in [1.54, 1.807) is 4.90 Å². The lowest BCUT2D eigenvalue weighted by Gasteiger charge is -2.26. The molecule has 0 atom stereocenters. The normalized spacial score (nSPS) is 15.7. The molecule has 0 aliphatic carbocycles. The molecule has 4 nitrogen and oxygen atoms in total. The van der Waals surface area contributed by atoms with Crippen molar-refractivity contribution in [3.05, 3.63) is 29.3 Å². The van der Waals surface area contributed by atoms with E-state index in [0.29, 0.717) is 25.9 Å². The third-order valence-electron chi connectivity index (χ3n) is 3.32. The lowest BCUT2D eigenvalue weighted by Crippen LogP contribution is -2.41. The van der Waals surface area contributed by atoms with Crippen molar-refractivity contribution in [2.24, 2.45) is 0 Å². The number of para-hydroxylation sites is 1. The quantitative estimate of drug-likeness (QED) is 0.827. The van der Waals surface area contributed by atoms with Crippen molar-refractivity contribution in [1.29, 1.82) is 0 Å². The predicted molar refractivity (Wildman–Crippen MR) is 70.7 cm³/mol. The number of nitrogens with zero attached hydrogens (tertiary/aromatic N) is 1. The highest BCUT2D eigenvalue weighted by Crippen LogP contribution is 2.20. The number of hydrogen-bond acceptors (Lipinski definition) is 2. The molecule has 0 unspecified atom stereocenters. The molecule has 2 rings (SSSR count). The van der Waals surface area contributed by atoms with Gasteiger partial charge < -0.3 is 10.2 Å². The van der Waals surface area contributed by atoms with E-state index < -0.39 is 0 Å². The maximum absolute atomic E-state index is 12.1. The molecule has 0 aromatic heterocycles. The van der Waals surface area contributed by atoms with Crippen LogP contribution in [0, 0.1) is 13.8 Å². The third-order valence-corrected chi connectivity index (χ3v) is 3.32. The van der Waals surface area contributed by atoms with Crippen LogP contribution >= 0.6 is 0 Å². The van der Waals surface area contributed by atoms with Gasteiger partial charge in [0.15, 0.2) is 0 Å². The summed E-state index contributed by atoms with van der Waals surface area (Å²) in [5.41, 5.74) is 2.98. The Bertz CT molecular complexity index is 452. The van der Waals surface area contributed by atoms with Crippen LogP contribution in [-0.4, -0.2) is 29.8 Å². The molecule has 0 saturated carbocycles. The molecule has 4 heteroatoms. The minimum atomic E-state index is -0.111. The number of hydrogen-bond donors (Lipinski definition) is 1. The molecule has 2 amide bonds. The van der Waals surface area contributed by atoms with Crippen molar-refractivity contribution in [3.8, 4) is 0 Å². The minimum absolute atomic E-state index is 0.111. The van der Waals surface area contributed by atoms with Crippen molar-refractivity contribution in [2.45, 2.75) is 26.7 Å². The van der Waals surface area contributed by atoms with Crippen molar-refractivity contribution >= 4 is 17.5 Å². The fourth-order valence-corrected chi connectivity index (χ4v) is 2.16. The topological polar surface area (TPSA) is 49.4 Å². The zero-order valence-electron chi connectivity index (χ0n) is 10.8. The maximum Gasteiger partial charge on any atom is 0.321 e. The molecule has 18 heavy (non-hydrogen) atoms. The molecule has 0 radical (unpaired) electrons. The Morgan fingerprint density at radius 3 is 2.28 bits per heavy atom. The Morgan fingerprint density at radius 2 is 1.72 bits per heavy atom. The molecule has 1 aliphatic heterocycles. The van der Waals surface area contributed by atoms with E-state index >= 15 is 0 Å². The van der Waals surface area contributed by atoms with E-state index in [2.05, 4.69) is 5.32 Å². The first-order chi connectivity index (χ1) is 8.58. The van der Waals surface area contributed by atoms with Crippen molar-refractivity contribution in [1.82, 2.24) is 4.90 Å². The first kappa shape index (κ1) is 12.6. The molecule has 1 saturated heterocycles. The predicted octanol–water partition coefficient (Wildman–Crippen LogP) is 2.50. The number of anilines is 1. The van der Waals surface area contributed by atoms with Crippen LogP contribution in [-0.2, 0) is 4.79 Å². The molecule has 96 valence electrons. The first-order valence-electron chi connectivity index (χ1n) is 6.22. The van der Waals surface area contributed by atoms with E-state index in [-0.39, 0.29) is 11.8 Å². The smallest absolute Gasteiger partial charge is 0.321 e. The second-order valence-corrected chi connectivity index (χ2v) is 4.72. The number of aryl methyl sites for hydroxylation is 2. The van der Waals surface area contributed by atoms with Crippen LogP contribution in [0.25, 0.3) is 0 Å². The van der Waals surface area contributed by atoms with E-state index in [9.17, 15) is 9.59 Å². The standard InChI is InChI=1S/C14H18N2O2/c1-10-4-3-5-11(2)13(10)15-14(18)16-8-6-12(17)7-9-16/h3-5H,6-9H2,1-2H3,(H,15,18). The number of benzene rings is 1. The molecule has 1 aliphatic rings. The Morgan fingerprint density at radius 1 is 1.17 bits per heavy atom. The molecule has 1 aromatic rings. The van der Waals surface area contributed by atoms with Crippen LogP contribution in [0.15, 0.2) is 18.2 Å². The molecule has 1 heterocycles. The van der Waals surface area contributed by atoms with Crippen LogP contribution in [0.5, 0.6) is 0 Å². The number of likely N-dealkylation sites (tertiary alicyclic amines) is 1. The number of carbonyl (C=O) groups excluding carboxylic acids is 2. The van der Waals surface area contributed by atoms with Gasteiger partial charge in [-0.25, -0.2) is 4.79 Å². The SMILES string of the molecule is Cc1cccc(C)c1NC(=O)N1CCC(=O)CC1. The van der Waals surface area contributed by atoms with E-state index in [4.69, 9.17) is 0 Å². The summed E-state index contributed by atoms with van der Waals surface area (Å²) >= 11 is 0. The van der Waals surface area contributed by atoms with Gasteiger partial charge in [0.2, 0.25) is 0 Å². The molecule has 1 fully saturated rings. The Kier molecular flexibility index (Phi) is 3.65. The lowest BCUT2D eigenvalue weighted by molar-refractivity contribution is -0.120. The Hall–Kier alpha value is -1.84. The molecule has 0 spiro atoms. The number of carbonyl (C=O) groups is 2. The van der Waals surface area contributed by atoms with E-state index in [1.807, 2.05) is 32.0 Å². The molecule has 0 bridgehead atoms. The lowest BCUT2D eigenvalue weighted by atomic mass is 10.1. The Labute approximate surface area is 107 Å². The van der Waals surface area contributed by atoms with Crippen LogP contribution in [0.3, 0.4) is 0 Å². The summed E-state index contributed by atoms with van der Waals surface area (Å²) in [4.78, 5) is 24.9. The van der Waals surface area contributed by atoms with Gasteiger partial charge >= 0.3 is 6.03 Å². The second kappa shape index (κ2) is 5.21. The average Bonchev–Trinajstić information content (AvgIpc) is 2.34. The summed E-state index contributed by atoms with van der Waals surface area (Å²) in [6, 6.07) is 5.81. The van der Waals surface area contributed by atoms with Gasteiger partial charge in [0.1, 0.15) is 5.78 Å². The number of amides is 2. The van der Waals surface area contributed by atoms with E-state index in [0.717, 1.165) is 16.8 Å². The van der Waals surface area contributed by atoms with Gasteiger partial charge in [-0.3, -0.25) is 4.79 Å². The molecule has 1 aromatic carbocycles. The minimum Gasteiger partial charge on any atom is -0.324 e. The number of nitrogens with one attached hydrogen (secondary N) is 1. The summed E-state index contributed by atoms with van der Waals surface area (Å²) < 4.78 is 0. The zero-order chi connectivity index (χ0) is 13.1. The van der Waals surface area contributed by atoms with Gasteiger partial charge in [-0.2, -0.15) is 0 Å². The maximum atomic E-state index is 12.1. The van der Waals surface area contributed by atoms with Crippen molar-refractivity contribution in [3.63, 3.8) is 0 Å². The summed E-state index contributed by atoms with van der Waals surface area (Å²) in [5.74, 6) is 0.242. The molecule has 1 N–H and O–H groups in total. The highest BCUT2D eigenvalue weighted by molar-refractivity contribution is 5.92. The largest absolute Gasteiger partial charge is 0.324 e. The zero-order valence-corrected chi connectivity index (χ0v) is 10.8. The number of piperidine rings is 1. The van der Waals surface area contributed by atoms with Gasteiger partial charge in [0.25, 0.3) is 0 Å². The highest BCUT2D eigenvalue weighted by atomic mass is 16.2. The monoisotopic (exact) mass is 246 g/mol. The van der Waals surface area contributed by atoms with Crippen LogP contribution < -0.4 is 5.32 Å². The van der Waals surface area contributed by atoms with Crippen LogP contribution in [0.2, 0.25) is 0 Å². The fraction of sp³-hybridized carbons (Fsp3) is 0.429. The molecular formula is C14H18N2O2. The van der Waals surface area contributed by atoms with Gasteiger partial charge in [-0.1, -0.05) is 18.2 Å².